The monoisotopic (exact) mass is 1910 g/mol. The molecule has 0 aromatic rings. The van der Waals surface area contributed by atoms with E-state index >= 15 is 0 Å². The standard InChI is InChI=1S/C35H66N2O19S4.C21H36Cl3NO5.C20H34Cl3NO5/c1-27(13-19-60(48,49)50)32(39)20-35(24-51-16-9-8-12-31(38)28(2)21-54-57(5,42)43,25-52-17-10-14-36-33(40)29(3)22-55-58(6,44)45)26-53-18-11-15-37-34(41)30(4)23-56-59(7,46)47;1-21(15-19(27)7-10-23,16-29-13-3-2-5-18(26)6-9-22)17-30-14-4-12-25-20(28)8-11-24;21-8-5-18(25)4-1-2-12-28-15-17(14-19(26)6-9-22)16-29-13-3-11-24-20(27)7-10-23/h27-30H,8-26H2,1-7H3,(H,36,40)(H,37,41)(H,48,49,50);2-17H2,1H3,(H,25,28);17H,1-16H2,(H,24,27). The molecular weight excluding hydrogens is 1770 g/mol. The molecular formula is C76H136Cl6N4O29S4. The van der Waals surface area contributed by atoms with Crippen molar-refractivity contribution >= 4 is 168 Å². The van der Waals surface area contributed by atoms with E-state index in [-0.39, 0.29) is 144 Å². The van der Waals surface area contributed by atoms with Crippen molar-refractivity contribution in [1.82, 2.24) is 21.3 Å². The Hall–Kier alpha value is -3.00. The number of unbranched alkanes of at least 4 members (excludes halogenated alkanes) is 3. The molecule has 0 saturated carbocycles. The van der Waals surface area contributed by atoms with Crippen LogP contribution in [0.3, 0.4) is 0 Å². The molecule has 0 fully saturated rings. The van der Waals surface area contributed by atoms with Gasteiger partial charge in [0.25, 0.3) is 40.5 Å². The van der Waals surface area contributed by atoms with Crippen LogP contribution in [0.15, 0.2) is 0 Å². The molecule has 0 aliphatic carbocycles. The van der Waals surface area contributed by atoms with Crippen molar-refractivity contribution in [2.24, 2.45) is 40.4 Å². The summed E-state index contributed by atoms with van der Waals surface area (Å²) < 4.78 is 154. The Kier molecular flexibility index (Phi) is 73.8. The van der Waals surface area contributed by atoms with Crippen molar-refractivity contribution in [1.29, 1.82) is 0 Å². The molecule has 0 radical (unpaired) electrons. The zero-order chi connectivity index (χ0) is 90.6. The van der Waals surface area contributed by atoms with Gasteiger partial charge in [0, 0.05) is 213 Å². The number of halogens is 6. The van der Waals surface area contributed by atoms with Gasteiger partial charge in [-0.25, -0.2) is 0 Å². The van der Waals surface area contributed by atoms with Crippen LogP contribution in [0.2, 0.25) is 0 Å². The number of ether oxygens (including phenoxy) is 7. The summed E-state index contributed by atoms with van der Waals surface area (Å²) in [6, 6.07) is 0. The third-order valence-electron chi connectivity index (χ3n) is 17.1. The highest BCUT2D eigenvalue weighted by Gasteiger charge is 2.37. The smallest absolute Gasteiger partial charge is 0.264 e. The van der Waals surface area contributed by atoms with Crippen LogP contribution >= 0.6 is 69.6 Å². The van der Waals surface area contributed by atoms with E-state index in [0.717, 1.165) is 44.5 Å². The second-order valence-electron chi connectivity index (χ2n) is 29.6. The van der Waals surface area contributed by atoms with Crippen LogP contribution in [0, 0.1) is 40.4 Å². The van der Waals surface area contributed by atoms with Crippen molar-refractivity contribution in [3.05, 3.63) is 0 Å². The molecule has 4 amide bonds. The molecule has 0 bridgehead atoms. The molecule has 43 heteroatoms. The summed E-state index contributed by atoms with van der Waals surface area (Å²) in [6.07, 6.45) is 12.2. The van der Waals surface area contributed by atoms with Gasteiger partial charge in [-0.2, -0.15) is 33.7 Å². The highest BCUT2D eigenvalue weighted by molar-refractivity contribution is 7.86. The molecule has 0 aromatic carbocycles. The van der Waals surface area contributed by atoms with Crippen LogP contribution in [0.25, 0.3) is 0 Å². The molecule has 119 heavy (non-hydrogen) atoms. The van der Waals surface area contributed by atoms with Gasteiger partial charge in [0.15, 0.2) is 0 Å². The molecule has 0 saturated heterocycles. The van der Waals surface area contributed by atoms with Crippen LogP contribution in [0.1, 0.15) is 182 Å². The molecule has 0 aromatic heterocycles. The van der Waals surface area contributed by atoms with Gasteiger partial charge < -0.3 is 54.4 Å². The van der Waals surface area contributed by atoms with E-state index in [1.54, 1.807) is 6.92 Å². The fourth-order valence-corrected chi connectivity index (χ4v) is 13.5. The lowest BCUT2D eigenvalue weighted by Gasteiger charge is -2.33. The summed E-state index contributed by atoms with van der Waals surface area (Å²) in [5.41, 5.74) is -1.59. The number of alkyl halides is 6. The molecule has 700 valence electrons. The number of amides is 4. The Balaban J connectivity index is -0.00000190. The van der Waals surface area contributed by atoms with E-state index in [2.05, 4.69) is 29.6 Å². The first-order valence-electron chi connectivity index (χ1n) is 40.0. The van der Waals surface area contributed by atoms with Gasteiger partial charge in [0.1, 0.15) is 34.7 Å². The SMILES string of the molecule is CC(CCS(=O)(=O)O)C(=O)CC(COCCCCC(=O)C(C)COS(C)(=O)=O)(COCCCNC(=O)C(C)COS(C)(=O)=O)COCCCNC(=O)C(C)COS(C)(=O)=O.CC(COCCCCC(=O)CCCl)(COCCCNC(=O)CCCl)CC(=O)CCCl.O=C(CCCl)CCCCOCC(COCCCNC(=O)CCCl)CC(=O)CCCl. The zero-order valence-electron chi connectivity index (χ0n) is 70.7. The van der Waals surface area contributed by atoms with E-state index in [9.17, 15) is 86.2 Å². The molecule has 0 heterocycles. The minimum absolute atomic E-state index is 0.0329. The van der Waals surface area contributed by atoms with Crippen molar-refractivity contribution in [3.63, 3.8) is 0 Å². The zero-order valence-corrected chi connectivity index (χ0v) is 78.5. The average molecular weight is 1910 g/mol. The summed E-state index contributed by atoms with van der Waals surface area (Å²) in [6.45, 7) is 12.2. The molecule has 5 N–H and O–H groups in total. The van der Waals surface area contributed by atoms with E-state index in [0.29, 0.717) is 204 Å². The summed E-state index contributed by atoms with van der Waals surface area (Å²) in [5, 5.41) is 10.9. The third-order valence-corrected chi connectivity index (χ3v) is 20.7. The first-order chi connectivity index (χ1) is 55.9. The maximum Gasteiger partial charge on any atom is 0.264 e. The number of Topliss-reactive ketones (excluding diaryl/α,β-unsaturated/α-hetero) is 6. The van der Waals surface area contributed by atoms with E-state index in [4.69, 9.17) is 107 Å². The molecule has 0 aliphatic rings. The van der Waals surface area contributed by atoms with E-state index < -0.39 is 92.5 Å². The van der Waals surface area contributed by atoms with Crippen molar-refractivity contribution in [2.45, 2.75) is 182 Å². The Morgan fingerprint density at radius 2 is 0.681 bits per heavy atom. The fourth-order valence-electron chi connectivity index (χ4n) is 10.3. The van der Waals surface area contributed by atoms with Crippen LogP contribution in [-0.2, 0) is 134 Å². The number of nitrogens with one attached hydrogen (secondary N) is 4. The Morgan fingerprint density at radius 3 is 1.06 bits per heavy atom. The predicted octanol–water partition coefficient (Wildman–Crippen LogP) is 8.33. The molecule has 6 atom stereocenters. The molecule has 0 spiro atoms. The summed E-state index contributed by atoms with van der Waals surface area (Å²) >= 11 is 33.4. The highest BCUT2D eigenvalue weighted by Crippen LogP contribution is 2.29. The normalized spacial score (nSPS) is 14.1. The van der Waals surface area contributed by atoms with Crippen molar-refractivity contribution < 1.29 is 132 Å². The van der Waals surface area contributed by atoms with Gasteiger partial charge in [0.05, 0.1) is 102 Å². The van der Waals surface area contributed by atoms with Crippen molar-refractivity contribution in [3.8, 4) is 0 Å². The van der Waals surface area contributed by atoms with Crippen LogP contribution in [-0.4, -0.2) is 295 Å². The lowest BCUT2D eigenvalue weighted by Crippen LogP contribution is -2.41. The van der Waals surface area contributed by atoms with Crippen LogP contribution < -0.4 is 21.3 Å². The molecule has 6 unspecified atom stereocenters. The van der Waals surface area contributed by atoms with Crippen molar-refractivity contribution in [2.75, 3.05) is 198 Å². The Morgan fingerprint density at radius 1 is 0.353 bits per heavy atom. The Labute approximate surface area is 737 Å². The summed E-state index contributed by atoms with van der Waals surface area (Å²) in [5.74, 6) is -2.69. The topological polar surface area (TPSA) is 468 Å². The van der Waals surface area contributed by atoms with Crippen LogP contribution in [0.5, 0.6) is 0 Å². The van der Waals surface area contributed by atoms with Gasteiger partial charge in [-0.3, -0.25) is 65.0 Å². The second-order valence-corrected chi connectivity index (χ2v) is 38.4. The first-order valence-corrected chi connectivity index (χ1v) is 50.3. The minimum Gasteiger partial charge on any atom is -0.381 e. The van der Waals surface area contributed by atoms with Gasteiger partial charge in [0.2, 0.25) is 23.6 Å². The maximum atomic E-state index is 13.5. The number of rotatable bonds is 79. The lowest BCUT2D eigenvalue weighted by molar-refractivity contribution is -0.132. The second kappa shape index (κ2) is 73.1. The number of ketones is 6. The number of hydrogen-bond acceptors (Lipinski definition) is 28. The third kappa shape index (κ3) is 78.2. The van der Waals surface area contributed by atoms with E-state index in [1.807, 2.05) is 6.92 Å². The quantitative estimate of drug-likeness (QED) is 0.0165. The molecule has 0 aliphatic heterocycles. The minimum atomic E-state index is -4.34. The van der Waals surface area contributed by atoms with Gasteiger partial charge in [-0.15, -0.1) is 69.6 Å². The largest absolute Gasteiger partial charge is 0.381 e. The molecule has 33 nitrogen and oxygen atoms in total. The number of carbonyl (C=O) groups excluding carboxylic acids is 10. The maximum absolute atomic E-state index is 13.5. The first kappa shape index (κ1) is 120. The van der Waals surface area contributed by atoms with Gasteiger partial charge in [-0.05, 0) is 70.6 Å². The lowest BCUT2D eigenvalue weighted by atomic mass is 9.81. The average Bonchev–Trinajstić information content (AvgIpc) is 0.691. The van der Waals surface area contributed by atoms with Gasteiger partial charge in [-0.1, -0.05) is 34.6 Å². The number of hydrogen-bond donors (Lipinski definition) is 5. The fraction of sp³-hybridized carbons (Fsp3) is 0.868. The highest BCUT2D eigenvalue weighted by atomic mass is 35.5. The van der Waals surface area contributed by atoms with Crippen LogP contribution in [0.4, 0.5) is 0 Å². The van der Waals surface area contributed by atoms with Gasteiger partial charge >= 0.3 is 0 Å². The molecule has 0 rings (SSSR count). The number of carbonyl (C=O) groups is 10. The summed E-state index contributed by atoms with van der Waals surface area (Å²) in [4.78, 5) is 120. The Bertz CT molecular complexity index is 3080. The summed E-state index contributed by atoms with van der Waals surface area (Å²) in [7, 11) is -15.5. The predicted molar refractivity (Wildman–Crippen MR) is 458 cm³/mol. The van der Waals surface area contributed by atoms with E-state index in [1.165, 1.54) is 20.8 Å².